The number of ether oxygens (including phenoxy) is 1. The predicted octanol–water partition coefficient (Wildman–Crippen LogP) is 1.45. The second-order valence-electron chi connectivity index (χ2n) is 5.87. The van der Waals surface area contributed by atoms with Crippen molar-refractivity contribution >= 4 is 17.9 Å². The third-order valence-electron chi connectivity index (χ3n) is 4.38. The number of piperidine rings is 1. The third kappa shape index (κ3) is 2.81. The Bertz CT molecular complexity index is 601. The molecule has 0 saturated carbocycles. The van der Waals surface area contributed by atoms with Crippen molar-refractivity contribution in [3.05, 3.63) is 35.9 Å². The van der Waals surface area contributed by atoms with Crippen LogP contribution < -0.4 is 5.32 Å². The van der Waals surface area contributed by atoms with Crippen LogP contribution >= 0.6 is 0 Å². The van der Waals surface area contributed by atoms with Crippen molar-refractivity contribution < 1.29 is 19.1 Å². The highest BCUT2D eigenvalue weighted by atomic mass is 16.6. The van der Waals surface area contributed by atoms with Gasteiger partial charge in [-0.1, -0.05) is 30.3 Å². The number of likely N-dealkylation sites (tertiary alicyclic amines) is 1. The van der Waals surface area contributed by atoms with Crippen LogP contribution in [-0.2, 0) is 20.9 Å². The van der Waals surface area contributed by atoms with Crippen LogP contribution in [0.3, 0.4) is 0 Å². The number of hydrogen-bond acceptors (Lipinski definition) is 4. The molecule has 116 valence electrons. The summed E-state index contributed by atoms with van der Waals surface area (Å²) in [5, 5.41) is 2.37. The van der Waals surface area contributed by atoms with Gasteiger partial charge in [0.1, 0.15) is 6.61 Å². The normalized spacial score (nSPS) is 24.5. The van der Waals surface area contributed by atoms with Crippen LogP contribution in [0.4, 0.5) is 4.79 Å². The van der Waals surface area contributed by atoms with Crippen molar-refractivity contribution in [2.45, 2.75) is 25.9 Å². The number of hydrogen-bond donors (Lipinski definition) is 1. The number of amides is 3. The minimum Gasteiger partial charge on any atom is -0.445 e. The number of benzene rings is 1. The van der Waals surface area contributed by atoms with Gasteiger partial charge in [0, 0.05) is 19.5 Å². The van der Waals surface area contributed by atoms with Gasteiger partial charge in [-0.25, -0.2) is 4.79 Å². The predicted molar refractivity (Wildman–Crippen MR) is 77.6 cm³/mol. The van der Waals surface area contributed by atoms with Crippen molar-refractivity contribution in [2.75, 3.05) is 13.1 Å². The first-order valence-electron chi connectivity index (χ1n) is 7.39. The number of imide groups is 1. The maximum Gasteiger partial charge on any atom is 0.410 e. The van der Waals surface area contributed by atoms with Gasteiger partial charge in [-0.05, 0) is 18.4 Å². The Morgan fingerprint density at radius 1 is 1.23 bits per heavy atom. The monoisotopic (exact) mass is 302 g/mol. The third-order valence-corrected chi connectivity index (χ3v) is 4.38. The molecule has 2 aliphatic rings. The molecule has 22 heavy (non-hydrogen) atoms. The van der Waals surface area contributed by atoms with E-state index in [1.54, 1.807) is 4.90 Å². The number of carbonyl (C=O) groups is 3. The van der Waals surface area contributed by atoms with Crippen LogP contribution in [0.5, 0.6) is 0 Å². The van der Waals surface area contributed by atoms with Gasteiger partial charge < -0.3 is 9.64 Å². The van der Waals surface area contributed by atoms with E-state index >= 15 is 0 Å². The molecule has 6 nitrogen and oxygen atoms in total. The summed E-state index contributed by atoms with van der Waals surface area (Å²) in [5.74, 6) is -0.497. The van der Waals surface area contributed by atoms with E-state index in [4.69, 9.17) is 4.74 Å². The maximum absolute atomic E-state index is 12.1. The zero-order chi connectivity index (χ0) is 15.6. The molecule has 1 spiro atoms. The van der Waals surface area contributed by atoms with Gasteiger partial charge in [-0.3, -0.25) is 14.9 Å². The van der Waals surface area contributed by atoms with Crippen LogP contribution in [0.2, 0.25) is 0 Å². The molecule has 6 heteroatoms. The largest absolute Gasteiger partial charge is 0.445 e. The van der Waals surface area contributed by atoms with Gasteiger partial charge >= 0.3 is 6.09 Å². The Hall–Kier alpha value is -2.37. The van der Waals surface area contributed by atoms with Gasteiger partial charge in [0.2, 0.25) is 11.8 Å². The molecule has 1 aromatic carbocycles. The summed E-state index contributed by atoms with van der Waals surface area (Å²) < 4.78 is 5.29. The van der Waals surface area contributed by atoms with E-state index < -0.39 is 11.5 Å². The van der Waals surface area contributed by atoms with Gasteiger partial charge in [-0.15, -0.1) is 0 Å². The lowest BCUT2D eigenvalue weighted by Crippen LogP contribution is -2.50. The summed E-state index contributed by atoms with van der Waals surface area (Å²) in [6.07, 6.45) is 0.996. The molecule has 2 aliphatic heterocycles. The number of nitrogens with one attached hydrogen (secondary N) is 1. The van der Waals surface area contributed by atoms with Crippen molar-refractivity contribution in [1.29, 1.82) is 0 Å². The first-order chi connectivity index (χ1) is 10.6. The molecule has 3 amide bonds. The van der Waals surface area contributed by atoms with Crippen molar-refractivity contribution in [1.82, 2.24) is 10.2 Å². The molecule has 2 saturated heterocycles. The Labute approximate surface area is 128 Å². The molecule has 2 heterocycles. The first kappa shape index (κ1) is 14.6. The van der Waals surface area contributed by atoms with Crippen molar-refractivity contribution in [3.63, 3.8) is 0 Å². The molecule has 0 aromatic heterocycles. The minimum absolute atomic E-state index is 0.216. The lowest BCUT2D eigenvalue weighted by molar-refractivity contribution is -0.141. The first-order valence-corrected chi connectivity index (χ1v) is 7.39. The molecule has 1 N–H and O–H groups in total. The zero-order valence-electron chi connectivity index (χ0n) is 12.2. The number of nitrogens with zero attached hydrogens (tertiary/aromatic N) is 1. The van der Waals surface area contributed by atoms with Crippen molar-refractivity contribution in [3.8, 4) is 0 Å². The maximum atomic E-state index is 12.1. The lowest BCUT2D eigenvalue weighted by atomic mass is 9.79. The Balaban J connectivity index is 1.57. The highest BCUT2D eigenvalue weighted by Crippen LogP contribution is 2.37. The summed E-state index contributed by atoms with van der Waals surface area (Å²) in [6, 6.07) is 9.45. The second kappa shape index (κ2) is 5.79. The van der Waals surface area contributed by atoms with Crippen LogP contribution in [0, 0.1) is 5.41 Å². The van der Waals surface area contributed by atoms with Crippen LogP contribution in [0.25, 0.3) is 0 Å². The summed E-state index contributed by atoms with van der Waals surface area (Å²) in [7, 11) is 0. The fourth-order valence-electron chi connectivity index (χ4n) is 3.02. The molecule has 0 radical (unpaired) electrons. The summed E-state index contributed by atoms with van der Waals surface area (Å²) in [4.78, 5) is 37.0. The quantitative estimate of drug-likeness (QED) is 0.839. The molecule has 1 atom stereocenters. The molecular formula is C16H18N2O4. The van der Waals surface area contributed by atoms with E-state index in [1.807, 2.05) is 30.3 Å². The SMILES string of the molecule is O=C1CCC2(CCN(C(=O)OCc3ccccc3)C2)C(=O)N1. The van der Waals surface area contributed by atoms with Gasteiger partial charge in [0.05, 0.1) is 5.41 Å². The summed E-state index contributed by atoms with van der Waals surface area (Å²) in [6.45, 7) is 1.02. The zero-order valence-corrected chi connectivity index (χ0v) is 12.2. The molecule has 3 rings (SSSR count). The Morgan fingerprint density at radius 3 is 2.73 bits per heavy atom. The number of rotatable bonds is 2. The molecule has 0 bridgehead atoms. The molecule has 2 fully saturated rings. The van der Waals surface area contributed by atoms with E-state index in [2.05, 4.69) is 5.32 Å². The van der Waals surface area contributed by atoms with E-state index in [0.29, 0.717) is 32.4 Å². The molecule has 1 aromatic rings. The van der Waals surface area contributed by atoms with E-state index in [9.17, 15) is 14.4 Å². The topological polar surface area (TPSA) is 75.7 Å². The second-order valence-corrected chi connectivity index (χ2v) is 5.87. The Morgan fingerprint density at radius 2 is 2.00 bits per heavy atom. The van der Waals surface area contributed by atoms with E-state index in [1.165, 1.54) is 0 Å². The summed E-state index contributed by atoms with van der Waals surface area (Å²) >= 11 is 0. The lowest BCUT2D eigenvalue weighted by Gasteiger charge is -2.30. The molecular weight excluding hydrogens is 284 g/mol. The van der Waals surface area contributed by atoms with E-state index in [0.717, 1.165) is 5.56 Å². The molecule has 0 aliphatic carbocycles. The number of carbonyl (C=O) groups excluding carboxylic acids is 3. The highest BCUT2D eigenvalue weighted by molar-refractivity contribution is 6.01. The molecule has 1 unspecified atom stereocenters. The smallest absolute Gasteiger partial charge is 0.410 e. The van der Waals surface area contributed by atoms with Crippen LogP contribution in [-0.4, -0.2) is 35.9 Å². The average molecular weight is 302 g/mol. The minimum atomic E-state index is -0.625. The average Bonchev–Trinajstić information content (AvgIpc) is 2.96. The summed E-state index contributed by atoms with van der Waals surface area (Å²) in [5.41, 5.74) is 0.297. The fourth-order valence-corrected chi connectivity index (χ4v) is 3.02. The van der Waals surface area contributed by atoms with Crippen LogP contribution in [0.15, 0.2) is 30.3 Å². The standard InChI is InChI=1S/C16H18N2O4/c19-13-6-7-16(14(20)17-13)8-9-18(11-16)15(21)22-10-12-4-2-1-3-5-12/h1-5H,6-11H2,(H,17,19,20). The van der Waals surface area contributed by atoms with E-state index in [-0.39, 0.29) is 18.4 Å². The Kier molecular flexibility index (Phi) is 3.83. The highest BCUT2D eigenvalue weighted by Gasteiger charge is 2.48. The van der Waals surface area contributed by atoms with Gasteiger partial charge in [0.25, 0.3) is 0 Å². The fraction of sp³-hybridized carbons (Fsp3) is 0.438. The van der Waals surface area contributed by atoms with Gasteiger partial charge in [-0.2, -0.15) is 0 Å². The van der Waals surface area contributed by atoms with Crippen LogP contribution in [0.1, 0.15) is 24.8 Å². The van der Waals surface area contributed by atoms with Gasteiger partial charge in [0.15, 0.2) is 0 Å². The van der Waals surface area contributed by atoms with Crippen molar-refractivity contribution in [2.24, 2.45) is 5.41 Å².